The van der Waals surface area contributed by atoms with E-state index < -0.39 is 0 Å². The van der Waals surface area contributed by atoms with E-state index in [1.54, 1.807) is 6.07 Å². The van der Waals surface area contributed by atoms with Crippen LogP contribution in [0.2, 0.25) is 0 Å². The van der Waals surface area contributed by atoms with Crippen molar-refractivity contribution in [2.45, 2.75) is 57.5 Å². The van der Waals surface area contributed by atoms with Gasteiger partial charge < -0.3 is 15.1 Å². The van der Waals surface area contributed by atoms with Crippen molar-refractivity contribution in [3.05, 3.63) is 35.6 Å². The van der Waals surface area contributed by atoms with E-state index in [2.05, 4.69) is 5.32 Å². The highest BCUT2D eigenvalue weighted by Gasteiger charge is 2.32. The Kier molecular flexibility index (Phi) is 6.12. The molecule has 1 aliphatic heterocycles. The highest BCUT2D eigenvalue weighted by Crippen LogP contribution is 2.27. The zero-order valence-corrected chi connectivity index (χ0v) is 15.4. The third-order valence-corrected chi connectivity index (χ3v) is 5.15. The van der Waals surface area contributed by atoms with Crippen molar-refractivity contribution in [3.63, 3.8) is 0 Å². The molecular formula is C20H28FN3O2. The van der Waals surface area contributed by atoms with Gasteiger partial charge in [-0.1, -0.05) is 12.1 Å². The third kappa shape index (κ3) is 5.19. The Bertz CT molecular complexity index is 648. The number of likely N-dealkylation sites (tertiary alicyclic amines) is 1. The van der Waals surface area contributed by atoms with Crippen LogP contribution in [0, 0.1) is 5.82 Å². The van der Waals surface area contributed by atoms with Crippen LogP contribution < -0.4 is 5.32 Å². The number of hydrogen-bond acceptors (Lipinski definition) is 2. The average Bonchev–Trinajstić information content (AvgIpc) is 3.35. The fraction of sp³-hybridized carbons (Fsp3) is 0.600. The lowest BCUT2D eigenvalue weighted by Gasteiger charge is -2.26. The van der Waals surface area contributed by atoms with Crippen LogP contribution in [-0.4, -0.2) is 53.5 Å². The van der Waals surface area contributed by atoms with Gasteiger partial charge in [-0.3, -0.25) is 4.79 Å². The molecule has 3 amide bonds. The van der Waals surface area contributed by atoms with E-state index in [0.29, 0.717) is 32.0 Å². The lowest BCUT2D eigenvalue weighted by atomic mass is 10.1. The topological polar surface area (TPSA) is 52.7 Å². The summed E-state index contributed by atoms with van der Waals surface area (Å²) < 4.78 is 13.3. The number of halogens is 1. The zero-order valence-electron chi connectivity index (χ0n) is 15.4. The second kappa shape index (κ2) is 8.52. The number of hydrogen-bond donors (Lipinski definition) is 1. The summed E-state index contributed by atoms with van der Waals surface area (Å²) in [5, 5.41) is 3.06. The summed E-state index contributed by atoms with van der Waals surface area (Å²) in [6.45, 7) is 4.11. The Morgan fingerprint density at radius 3 is 2.88 bits per heavy atom. The number of benzene rings is 1. The summed E-state index contributed by atoms with van der Waals surface area (Å²) in [5.74, 6) is -0.0202. The number of amides is 3. The number of urea groups is 1. The van der Waals surface area contributed by atoms with Crippen LogP contribution in [0.25, 0.3) is 0 Å². The summed E-state index contributed by atoms with van der Waals surface area (Å²) in [6.07, 6.45) is 5.07. The molecule has 142 valence electrons. The predicted molar refractivity (Wildman–Crippen MR) is 98.3 cm³/mol. The van der Waals surface area contributed by atoms with Gasteiger partial charge in [-0.05, 0) is 56.7 Å². The molecule has 0 aromatic heterocycles. The maximum atomic E-state index is 13.3. The van der Waals surface area contributed by atoms with E-state index in [9.17, 15) is 14.0 Å². The first-order chi connectivity index (χ1) is 12.5. The Morgan fingerprint density at radius 2 is 2.23 bits per heavy atom. The Hall–Kier alpha value is -2.11. The van der Waals surface area contributed by atoms with Gasteiger partial charge in [0, 0.05) is 38.1 Å². The van der Waals surface area contributed by atoms with Gasteiger partial charge in [0.05, 0.1) is 0 Å². The highest BCUT2D eigenvalue weighted by atomic mass is 19.1. The lowest BCUT2D eigenvalue weighted by molar-refractivity contribution is -0.127. The first-order valence-corrected chi connectivity index (χ1v) is 9.62. The van der Waals surface area contributed by atoms with Crippen LogP contribution in [0.3, 0.4) is 0 Å². The molecule has 0 unspecified atom stereocenters. The molecule has 1 saturated heterocycles. The van der Waals surface area contributed by atoms with Gasteiger partial charge >= 0.3 is 6.03 Å². The van der Waals surface area contributed by atoms with E-state index in [1.165, 1.54) is 12.1 Å². The minimum absolute atomic E-state index is 0.0197. The molecule has 2 aliphatic rings. The molecule has 1 saturated carbocycles. The van der Waals surface area contributed by atoms with Crippen LogP contribution in [-0.2, 0) is 11.2 Å². The van der Waals surface area contributed by atoms with Gasteiger partial charge in [0.2, 0.25) is 5.91 Å². The van der Waals surface area contributed by atoms with E-state index in [0.717, 1.165) is 37.8 Å². The fourth-order valence-corrected chi connectivity index (χ4v) is 3.43. The quantitative estimate of drug-likeness (QED) is 0.774. The molecule has 26 heavy (non-hydrogen) atoms. The molecule has 1 atom stereocenters. The highest BCUT2D eigenvalue weighted by molar-refractivity contribution is 5.78. The monoisotopic (exact) mass is 361 g/mol. The van der Waals surface area contributed by atoms with Gasteiger partial charge in [-0.15, -0.1) is 0 Å². The van der Waals surface area contributed by atoms with Crippen LogP contribution in [0.5, 0.6) is 0 Å². The molecule has 3 rings (SSSR count). The molecule has 1 heterocycles. The molecule has 5 nitrogen and oxygen atoms in total. The molecule has 1 N–H and O–H groups in total. The van der Waals surface area contributed by atoms with Crippen LogP contribution in [0.4, 0.5) is 9.18 Å². The molecule has 2 fully saturated rings. The SMILES string of the molecule is C[C@@H](CCN1CCCC1=O)NC(=O)N(CCc1cccc(F)c1)C1CC1. The first-order valence-electron chi connectivity index (χ1n) is 9.62. The molecule has 1 aromatic carbocycles. The molecule has 0 spiro atoms. The van der Waals surface area contributed by atoms with Gasteiger partial charge in [0.25, 0.3) is 0 Å². The maximum absolute atomic E-state index is 13.3. The van der Waals surface area contributed by atoms with Crippen molar-refractivity contribution in [2.24, 2.45) is 0 Å². The smallest absolute Gasteiger partial charge is 0.317 e. The van der Waals surface area contributed by atoms with Crippen molar-refractivity contribution in [3.8, 4) is 0 Å². The average molecular weight is 361 g/mol. The van der Waals surface area contributed by atoms with E-state index in [4.69, 9.17) is 0 Å². The van der Waals surface area contributed by atoms with Crippen molar-refractivity contribution >= 4 is 11.9 Å². The van der Waals surface area contributed by atoms with Crippen molar-refractivity contribution in [1.82, 2.24) is 15.1 Å². The molecule has 0 radical (unpaired) electrons. The van der Waals surface area contributed by atoms with Gasteiger partial charge in [-0.25, -0.2) is 9.18 Å². The molecular weight excluding hydrogens is 333 g/mol. The van der Waals surface area contributed by atoms with E-state index >= 15 is 0 Å². The number of carbonyl (C=O) groups is 2. The number of rotatable bonds is 8. The zero-order chi connectivity index (χ0) is 18.5. The molecule has 0 bridgehead atoms. The number of nitrogens with zero attached hydrogens (tertiary/aromatic N) is 2. The Morgan fingerprint density at radius 1 is 1.42 bits per heavy atom. The van der Waals surface area contributed by atoms with Gasteiger partial charge in [-0.2, -0.15) is 0 Å². The minimum Gasteiger partial charge on any atom is -0.343 e. The maximum Gasteiger partial charge on any atom is 0.317 e. The van der Waals surface area contributed by atoms with E-state index in [-0.39, 0.29) is 23.8 Å². The number of nitrogens with one attached hydrogen (secondary N) is 1. The fourth-order valence-electron chi connectivity index (χ4n) is 3.43. The van der Waals surface area contributed by atoms with Crippen LogP contribution in [0.15, 0.2) is 24.3 Å². The lowest BCUT2D eigenvalue weighted by Crippen LogP contribution is -2.46. The van der Waals surface area contributed by atoms with Crippen molar-refractivity contribution < 1.29 is 14.0 Å². The second-order valence-electron chi connectivity index (χ2n) is 7.43. The summed E-state index contributed by atoms with van der Waals surface area (Å²) in [4.78, 5) is 28.1. The summed E-state index contributed by atoms with van der Waals surface area (Å²) >= 11 is 0. The molecule has 1 aromatic rings. The predicted octanol–water partition coefficient (Wildman–Crippen LogP) is 2.94. The molecule has 6 heteroatoms. The minimum atomic E-state index is -0.241. The Labute approximate surface area is 154 Å². The van der Waals surface area contributed by atoms with E-state index in [1.807, 2.05) is 22.8 Å². The van der Waals surface area contributed by atoms with Crippen LogP contribution >= 0.6 is 0 Å². The van der Waals surface area contributed by atoms with Gasteiger partial charge in [0.15, 0.2) is 0 Å². The van der Waals surface area contributed by atoms with Crippen molar-refractivity contribution in [1.29, 1.82) is 0 Å². The standard InChI is InChI=1S/C20H28FN3O2/c1-15(9-12-23-11-3-6-19(23)25)22-20(26)24(18-7-8-18)13-10-16-4-2-5-17(21)14-16/h2,4-5,14-15,18H,3,6-13H2,1H3,(H,22,26)/t15-/m0/s1. The molecule has 1 aliphatic carbocycles. The summed E-state index contributed by atoms with van der Waals surface area (Å²) in [6, 6.07) is 6.82. The Balaban J connectivity index is 1.46. The summed E-state index contributed by atoms with van der Waals surface area (Å²) in [5.41, 5.74) is 0.907. The van der Waals surface area contributed by atoms with Gasteiger partial charge in [0.1, 0.15) is 5.82 Å². The third-order valence-electron chi connectivity index (χ3n) is 5.15. The van der Waals surface area contributed by atoms with Crippen LogP contribution in [0.1, 0.15) is 44.6 Å². The van der Waals surface area contributed by atoms with Crippen molar-refractivity contribution in [2.75, 3.05) is 19.6 Å². The second-order valence-corrected chi connectivity index (χ2v) is 7.43. The largest absolute Gasteiger partial charge is 0.343 e. The summed E-state index contributed by atoms with van der Waals surface area (Å²) in [7, 11) is 0. The normalized spacial score (nSPS) is 18.1. The number of carbonyl (C=O) groups excluding carboxylic acids is 2. The first kappa shape index (κ1) is 18.7.